The molecular weight excluding hydrogens is 544 g/mol. The fourth-order valence-corrected chi connectivity index (χ4v) is 6.67. The first-order valence-electron chi connectivity index (χ1n) is 14.2. The Kier molecular flexibility index (Phi) is 8.94. The number of hydrogen-bond acceptors (Lipinski definition) is 6. The molecule has 218 valence electrons. The third-order valence-electron chi connectivity index (χ3n) is 7.53. The molecule has 8 heteroatoms. The average molecular weight is 583 g/mol. The molecule has 0 saturated heterocycles. The number of hydrogen-bond donors (Lipinski definition) is 1. The second-order valence-corrected chi connectivity index (χ2v) is 12.8. The van der Waals surface area contributed by atoms with Gasteiger partial charge >= 0.3 is 0 Å². The fourth-order valence-electron chi connectivity index (χ4n) is 5.17. The molecule has 0 saturated carbocycles. The van der Waals surface area contributed by atoms with E-state index in [1.807, 2.05) is 97.9 Å². The van der Waals surface area contributed by atoms with Crippen molar-refractivity contribution < 1.29 is 13.2 Å². The maximum absolute atomic E-state index is 14.0. The van der Waals surface area contributed by atoms with Gasteiger partial charge in [0.2, 0.25) is 10.0 Å². The number of sulfonamides is 1. The van der Waals surface area contributed by atoms with Crippen molar-refractivity contribution in [3.63, 3.8) is 0 Å². The summed E-state index contributed by atoms with van der Waals surface area (Å²) in [6.07, 6.45) is 3.24. The van der Waals surface area contributed by atoms with E-state index in [1.54, 1.807) is 29.7 Å². The number of methoxy groups -OCH3 is 1. The first-order chi connectivity index (χ1) is 20.2. The minimum atomic E-state index is -3.74. The summed E-state index contributed by atoms with van der Waals surface area (Å²) in [5, 5.41) is 6.50. The van der Waals surface area contributed by atoms with Gasteiger partial charge in [-0.05, 0) is 72.5 Å². The SMILES string of the molecule is COc1cc(NC(C)CCCN(Cc2ccc(N(C)C)cc2)S(=O)(=O)c2ccc3ccccc3c2)c2ncccc2c1. The zero-order chi connectivity index (χ0) is 29.7. The highest BCUT2D eigenvalue weighted by Gasteiger charge is 2.25. The standard InChI is InChI=1S/C34H38N4O3S/c1-25(36-33-23-31(41-4)21-29-12-7-19-35-34(29)33)9-8-20-38(24-26-13-16-30(17-14-26)37(2)3)42(39,40)32-18-15-27-10-5-6-11-28(27)22-32/h5-7,10-19,21-23,25,36H,8-9,20,24H2,1-4H3. The van der Waals surface area contributed by atoms with Gasteiger partial charge in [0, 0.05) is 56.6 Å². The van der Waals surface area contributed by atoms with Gasteiger partial charge in [-0.3, -0.25) is 4.98 Å². The number of ether oxygens (including phenoxy) is 1. The van der Waals surface area contributed by atoms with Crippen LogP contribution in [0.5, 0.6) is 5.75 Å². The molecule has 1 heterocycles. The summed E-state index contributed by atoms with van der Waals surface area (Å²) in [6.45, 7) is 2.80. The van der Waals surface area contributed by atoms with Crippen LogP contribution in [0.1, 0.15) is 25.3 Å². The number of nitrogens with one attached hydrogen (secondary N) is 1. The van der Waals surface area contributed by atoms with Gasteiger partial charge in [0.05, 0.1) is 23.2 Å². The van der Waals surface area contributed by atoms with Gasteiger partial charge in [-0.15, -0.1) is 0 Å². The molecular formula is C34H38N4O3S. The first kappa shape index (κ1) is 29.4. The largest absolute Gasteiger partial charge is 0.497 e. The third-order valence-corrected chi connectivity index (χ3v) is 9.37. The van der Waals surface area contributed by atoms with Crippen molar-refractivity contribution in [2.75, 3.05) is 38.0 Å². The maximum Gasteiger partial charge on any atom is 0.243 e. The predicted molar refractivity (Wildman–Crippen MR) is 173 cm³/mol. The Bertz CT molecular complexity index is 1770. The third kappa shape index (κ3) is 6.66. The van der Waals surface area contributed by atoms with Gasteiger partial charge in [0.1, 0.15) is 5.75 Å². The summed E-state index contributed by atoms with van der Waals surface area (Å²) in [6, 6.07) is 29.2. The van der Waals surface area contributed by atoms with Crippen molar-refractivity contribution in [1.29, 1.82) is 0 Å². The number of fused-ring (bicyclic) bond motifs is 2. The molecule has 0 bridgehead atoms. The average Bonchev–Trinajstić information content (AvgIpc) is 3.00. The van der Waals surface area contributed by atoms with Gasteiger partial charge in [-0.25, -0.2) is 8.42 Å². The van der Waals surface area contributed by atoms with E-state index in [4.69, 9.17) is 4.74 Å². The van der Waals surface area contributed by atoms with Crippen molar-refractivity contribution >= 4 is 43.1 Å². The van der Waals surface area contributed by atoms with E-state index in [-0.39, 0.29) is 6.04 Å². The van der Waals surface area contributed by atoms with E-state index in [0.29, 0.717) is 24.4 Å². The van der Waals surface area contributed by atoms with Crippen LogP contribution in [-0.4, -0.2) is 51.5 Å². The Morgan fingerprint density at radius 3 is 2.36 bits per heavy atom. The summed E-state index contributed by atoms with van der Waals surface area (Å²) in [4.78, 5) is 6.90. The molecule has 5 aromatic rings. The smallest absolute Gasteiger partial charge is 0.243 e. The van der Waals surface area contributed by atoms with Crippen LogP contribution < -0.4 is 15.0 Å². The molecule has 0 spiro atoms. The molecule has 0 aliphatic carbocycles. The summed E-state index contributed by atoms with van der Waals surface area (Å²) in [5.41, 5.74) is 3.80. The molecule has 0 radical (unpaired) electrons. The number of nitrogens with zero attached hydrogens (tertiary/aromatic N) is 3. The van der Waals surface area contributed by atoms with Gasteiger partial charge in [0.25, 0.3) is 0 Å². The summed E-state index contributed by atoms with van der Waals surface area (Å²) in [5.74, 6) is 0.762. The topological polar surface area (TPSA) is 74.8 Å². The number of benzene rings is 4. The van der Waals surface area contributed by atoms with Gasteiger partial charge < -0.3 is 15.0 Å². The highest BCUT2D eigenvalue weighted by Crippen LogP contribution is 2.29. The van der Waals surface area contributed by atoms with Gasteiger partial charge in [-0.2, -0.15) is 4.31 Å². The molecule has 42 heavy (non-hydrogen) atoms. The van der Waals surface area contributed by atoms with E-state index < -0.39 is 10.0 Å². The molecule has 1 atom stereocenters. The lowest BCUT2D eigenvalue weighted by molar-refractivity contribution is 0.391. The second kappa shape index (κ2) is 12.8. The second-order valence-electron chi connectivity index (χ2n) is 10.8. The van der Waals surface area contributed by atoms with Crippen LogP contribution in [0.2, 0.25) is 0 Å². The summed E-state index contributed by atoms with van der Waals surface area (Å²) in [7, 11) is 1.90. The van der Waals surface area contributed by atoms with Crippen molar-refractivity contribution in [3.05, 3.63) is 103 Å². The lowest BCUT2D eigenvalue weighted by Gasteiger charge is -2.24. The predicted octanol–water partition coefficient (Wildman–Crippen LogP) is 6.93. The quantitative estimate of drug-likeness (QED) is 0.172. The lowest BCUT2D eigenvalue weighted by atomic mass is 10.1. The fraction of sp³-hybridized carbons (Fsp3) is 0.265. The molecule has 0 aliphatic heterocycles. The minimum Gasteiger partial charge on any atom is -0.497 e. The minimum absolute atomic E-state index is 0.0897. The number of aromatic nitrogens is 1. The molecule has 7 nitrogen and oxygen atoms in total. The van der Waals surface area contributed by atoms with Crippen LogP contribution in [0.4, 0.5) is 11.4 Å². The molecule has 0 fully saturated rings. The lowest BCUT2D eigenvalue weighted by Crippen LogP contribution is -2.32. The molecule has 1 N–H and O–H groups in total. The molecule has 0 aliphatic rings. The molecule has 1 aromatic heterocycles. The molecule has 5 rings (SSSR count). The first-order valence-corrected chi connectivity index (χ1v) is 15.6. The van der Waals surface area contributed by atoms with E-state index >= 15 is 0 Å². The van der Waals surface area contributed by atoms with Crippen LogP contribution >= 0.6 is 0 Å². The van der Waals surface area contributed by atoms with Crippen molar-refractivity contribution in [2.45, 2.75) is 37.2 Å². The Hall–Kier alpha value is -4.14. The van der Waals surface area contributed by atoms with E-state index in [9.17, 15) is 8.42 Å². The van der Waals surface area contributed by atoms with E-state index in [2.05, 4.69) is 17.2 Å². The summed E-state index contributed by atoms with van der Waals surface area (Å²) < 4.78 is 35.1. The number of pyridine rings is 1. The monoisotopic (exact) mass is 582 g/mol. The zero-order valence-electron chi connectivity index (χ0n) is 24.6. The maximum atomic E-state index is 14.0. The highest BCUT2D eigenvalue weighted by molar-refractivity contribution is 7.89. The van der Waals surface area contributed by atoms with Crippen LogP contribution in [0.25, 0.3) is 21.7 Å². The molecule has 0 amide bonds. The Balaban J connectivity index is 1.34. The van der Waals surface area contributed by atoms with Crippen LogP contribution in [-0.2, 0) is 16.6 Å². The summed E-state index contributed by atoms with van der Waals surface area (Å²) >= 11 is 0. The molecule has 1 unspecified atom stereocenters. The van der Waals surface area contributed by atoms with Crippen molar-refractivity contribution in [2.24, 2.45) is 0 Å². The van der Waals surface area contributed by atoms with Crippen LogP contribution in [0.15, 0.2) is 102 Å². The highest BCUT2D eigenvalue weighted by atomic mass is 32.2. The number of rotatable bonds is 12. The van der Waals surface area contributed by atoms with Crippen molar-refractivity contribution in [3.8, 4) is 5.75 Å². The van der Waals surface area contributed by atoms with Crippen molar-refractivity contribution in [1.82, 2.24) is 9.29 Å². The van der Waals surface area contributed by atoms with Crippen LogP contribution in [0, 0.1) is 0 Å². The molecule has 4 aromatic carbocycles. The Morgan fingerprint density at radius 2 is 1.62 bits per heavy atom. The number of anilines is 2. The zero-order valence-corrected chi connectivity index (χ0v) is 25.4. The van der Waals surface area contributed by atoms with Gasteiger partial charge in [0.15, 0.2) is 0 Å². The van der Waals surface area contributed by atoms with Crippen LogP contribution in [0.3, 0.4) is 0 Å². The Morgan fingerprint density at radius 1 is 0.881 bits per heavy atom. The Labute approximate surface area is 248 Å². The van der Waals surface area contributed by atoms with E-state index in [0.717, 1.165) is 50.8 Å². The normalized spacial score (nSPS) is 12.5. The van der Waals surface area contributed by atoms with Gasteiger partial charge in [-0.1, -0.05) is 48.5 Å². The van der Waals surface area contributed by atoms with E-state index in [1.165, 1.54) is 0 Å².